The van der Waals surface area contributed by atoms with Crippen LogP contribution in [-0.2, 0) is 14.3 Å². The summed E-state index contributed by atoms with van der Waals surface area (Å²) in [6.45, 7) is -2.04. The Morgan fingerprint density at radius 2 is 0.885 bits per heavy atom. The fourth-order valence-corrected chi connectivity index (χ4v) is 1.54. The third-order valence-corrected chi connectivity index (χ3v) is 3.19. The van der Waals surface area contributed by atoms with Crippen molar-refractivity contribution in [2.45, 2.75) is 48.8 Å². The number of carbonyl (C=O) groups excluding carboxylic acids is 2. The molecule has 14 heteroatoms. The van der Waals surface area contributed by atoms with Gasteiger partial charge in [0.2, 0.25) is 0 Å². The molecule has 0 aromatic heterocycles. The fourth-order valence-electron chi connectivity index (χ4n) is 1.54. The summed E-state index contributed by atoms with van der Waals surface area (Å²) in [6.07, 6.45) is -18.1. The van der Waals surface area contributed by atoms with Crippen LogP contribution in [0.4, 0.5) is 0 Å². The van der Waals surface area contributed by atoms with Crippen LogP contribution < -0.4 is 0 Å². The molecule has 0 saturated carbocycles. The van der Waals surface area contributed by atoms with Crippen LogP contribution in [0.25, 0.3) is 0 Å². The fraction of sp³-hybridized carbons (Fsp3) is 0.833. The van der Waals surface area contributed by atoms with Gasteiger partial charge in [-0.1, -0.05) is 0 Å². The normalized spacial score (nSPS) is 20.5. The second-order valence-electron chi connectivity index (χ2n) is 5.09. The van der Waals surface area contributed by atoms with Gasteiger partial charge in [0.1, 0.15) is 36.6 Å². The van der Waals surface area contributed by atoms with Gasteiger partial charge in [0.25, 0.3) is 0 Å². The molecule has 0 rings (SSSR count). The molecule has 0 aliphatic rings. The number of hydrogen-bond donors (Lipinski definition) is 10. The van der Waals surface area contributed by atoms with Crippen molar-refractivity contribution in [1.29, 1.82) is 0 Å². The number of hydrogen-bond acceptors (Lipinski definition) is 13. The van der Waals surface area contributed by atoms with Gasteiger partial charge in [0.05, 0.1) is 13.2 Å². The number of rotatable bonds is 10. The Labute approximate surface area is 169 Å². The Bertz CT molecular complexity index is 397. The van der Waals surface area contributed by atoms with E-state index in [0.29, 0.717) is 0 Å². The maximum atomic E-state index is 11.4. The van der Waals surface area contributed by atoms with Gasteiger partial charge >= 0.3 is 41.5 Å². The molecule has 0 heterocycles. The first kappa shape index (κ1) is 28.0. The molecule has 26 heavy (non-hydrogen) atoms. The standard InChI is InChI=1S/C12H22O13.Na.H/c13-1-3(15)5(17)7(19)9(21)11(23)25-12(24)10(22)8(20)6(18)4(16)2-14;;/h3-10,13-22H,1-2H2;;/t3-,4-,5-,6-,7+,8+,9-,10-;;/m1../s1. The first-order chi connectivity index (χ1) is 11.5. The molecule has 0 aliphatic carbocycles. The monoisotopic (exact) mass is 398 g/mol. The first-order valence-electron chi connectivity index (χ1n) is 6.91. The molecule has 0 aromatic carbocycles. The third kappa shape index (κ3) is 7.77. The summed E-state index contributed by atoms with van der Waals surface area (Å²) in [4.78, 5) is 22.9. The van der Waals surface area contributed by atoms with Crippen LogP contribution in [0.15, 0.2) is 0 Å². The van der Waals surface area contributed by atoms with Crippen LogP contribution in [0.3, 0.4) is 0 Å². The first-order valence-corrected chi connectivity index (χ1v) is 6.91. The summed E-state index contributed by atoms with van der Waals surface area (Å²) in [5.74, 6) is -3.77. The van der Waals surface area contributed by atoms with Gasteiger partial charge in [0, 0.05) is 0 Å². The van der Waals surface area contributed by atoms with Gasteiger partial charge < -0.3 is 55.8 Å². The van der Waals surface area contributed by atoms with E-state index in [0.717, 1.165) is 0 Å². The molecule has 13 nitrogen and oxygen atoms in total. The van der Waals surface area contributed by atoms with Gasteiger partial charge in [-0.3, -0.25) is 0 Å². The zero-order valence-corrected chi connectivity index (χ0v) is 12.7. The number of carbonyl (C=O) groups is 2. The van der Waals surface area contributed by atoms with E-state index in [-0.39, 0.29) is 29.6 Å². The van der Waals surface area contributed by atoms with Crippen molar-refractivity contribution in [2.75, 3.05) is 13.2 Å². The van der Waals surface area contributed by atoms with E-state index in [1.54, 1.807) is 0 Å². The van der Waals surface area contributed by atoms with Gasteiger partial charge in [0.15, 0.2) is 12.2 Å². The van der Waals surface area contributed by atoms with Crippen LogP contribution in [0.1, 0.15) is 0 Å². The SMILES string of the molecule is O=C(OC(=O)[C@H](O)[C@@H](O)[C@H](O)[C@H](O)CO)[C@H](O)[C@@H](O)[C@H](O)[C@H](O)CO.[NaH]. The van der Waals surface area contributed by atoms with E-state index in [1.165, 1.54) is 0 Å². The average Bonchev–Trinajstić information content (AvgIpc) is 2.62. The minimum atomic E-state index is -2.57. The van der Waals surface area contributed by atoms with E-state index in [9.17, 15) is 40.2 Å². The molecule has 0 aliphatic heterocycles. The van der Waals surface area contributed by atoms with Crippen molar-refractivity contribution in [3.05, 3.63) is 0 Å². The molecule has 8 atom stereocenters. The summed E-state index contributed by atoms with van der Waals surface area (Å²) in [5.41, 5.74) is 0. The van der Waals surface area contributed by atoms with Crippen molar-refractivity contribution >= 4 is 41.5 Å². The molecule has 10 N–H and O–H groups in total. The summed E-state index contributed by atoms with van der Waals surface area (Å²) in [6, 6.07) is 0. The Morgan fingerprint density at radius 1 is 0.615 bits per heavy atom. The van der Waals surface area contributed by atoms with Gasteiger partial charge in [-0.2, -0.15) is 0 Å². The molecule has 0 bridgehead atoms. The maximum absolute atomic E-state index is 11.4. The molecule has 0 aromatic rings. The van der Waals surface area contributed by atoms with Gasteiger partial charge in [-0.15, -0.1) is 0 Å². The Balaban J connectivity index is 0. The van der Waals surface area contributed by atoms with Gasteiger partial charge in [-0.25, -0.2) is 9.59 Å². The topological polar surface area (TPSA) is 246 Å². The van der Waals surface area contributed by atoms with E-state index < -0.39 is 74.0 Å². The second-order valence-corrected chi connectivity index (χ2v) is 5.09. The summed E-state index contributed by atoms with van der Waals surface area (Å²) in [7, 11) is 0. The van der Waals surface area contributed by atoms with Crippen LogP contribution in [0, 0.1) is 0 Å². The predicted octanol–water partition coefficient (Wildman–Crippen LogP) is -7.72. The number of ether oxygens (including phenoxy) is 1. The summed E-state index contributed by atoms with van der Waals surface area (Å²) in [5, 5.41) is 91.6. The molecular weight excluding hydrogens is 375 g/mol. The average molecular weight is 398 g/mol. The molecule has 0 fully saturated rings. The van der Waals surface area contributed by atoms with E-state index in [2.05, 4.69) is 4.74 Å². The Hall–Kier alpha value is -0.260. The second kappa shape index (κ2) is 13.0. The Morgan fingerprint density at radius 3 is 1.12 bits per heavy atom. The van der Waals surface area contributed by atoms with E-state index >= 15 is 0 Å². The number of esters is 2. The van der Waals surface area contributed by atoms with Crippen molar-refractivity contribution < 1.29 is 65.4 Å². The van der Waals surface area contributed by atoms with Crippen LogP contribution in [0.5, 0.6) is 0 Å². The quantitative estimate of drug-likeness (QED) is 0.0934. The molecule has 0 radical (unpaired) electrons. The minimum absolute atomic E-state index is 0. The van der Waals surface area contributed by atoms with Crippen LogP contribution in [-0.4, -0.2) is 155 Å². The van der Waals surface area contributed by atoms with Crippen molar-refractivity contribution in [3.63, 3.8) is 0 Å². The zero-order valence-electron chi connectivity index (χ0n) is 12.7. The predicted molar refractivity (Wildman–Crippen MR) is 80.5 cm³/mol. The van der Waals surface area contributed by atoms with Crippen molar-refractivity contribution in [2.24, 2.45) is 0 Å². The van der Waals surface area contributed by atoms with Gasteiger partial charge in [-0.05, 0) is 0 Å². The van der Waals surface area contributed by atoms with E-state index in [4.69, 9.17) is 20.4 Å². The third-order valence-electron chi connectivity index (χ3n) is 3.19. The zero-order chi connectivity index (χ0) is 19.9. The molecule has 0 unspecified atom stereocenters. The van der Waals surface area contributed by atoms with Crippen molar-refractivity contribution in [3.8, 4) is 0 Å². The molecule has 0 spiro atoms. The van der Waals surface area contributed by atoms with E-state index in [1.807, 2.05) is 0 Å². The Kier molecular flexibility index (Phi) is 14.0. The molecule has 150 valence electrons. The summed E-state index contributed by atoms with van der Waals surface area (Å²) >= 11 is 0. The van der Waals surface area contributed by atoms with Crippen molar-refractivity contribution in [1.82, 2.24) is 0 Å². The van der Waals surface area contributed by atoms with Crippen LogP contribution >= 0.6 is 0 Å². The number of aliphatic hydroxyl groups is 10. The summed E-state index contributed by atoms with van der Waals surface area (Å²) < 4.78 is 3.93. The molecular formula is C12H23NaO13. The molecule has 0 amide bonds. The molecule has 0 saturated heterocycles. The van der Waals surface area contributed by atoms with Crippen LogP contribution in [0.2, 0.25) is 0 Å². The number of aliphatic hydroxyl groups excluding tert-OH is 10.